The predicted octanol–water partition coefficient (Wildman–Crippen LogP) is 2.69. The number of thiazole rings is 1. The van der Waals surface area contributed by atoms with E-state index in [1.807, 2.05) is 6.92 Å². The van der Waals surface area contributed by atoms with E-state index < -0.39 is 23.5 Å². The van der Waals surface area contributed by atoms with Gasteiger partial charge in [-0.15, -0.1) is 11.3 Å². The Balaban J connectivity index is 1.78. The first-order valence-electron chi connectivity index (χ1n) is 11.1. The van der Waals surface area contributed by atoms with Crippen molar-refractivity contribution >= 4 is 23.0 Å². The quantitative estimate of drug-likeness (QED) is 0.567. The number of aromatic nitrogens is 1. The number of ether oxygens (including phenoxy) is 3. The number of aliphatic hydroxyl groups is 1. The van der Waals surface area contributed by atoms with Crippen LogP contribution in [0.1, 0.15) is 32.0 Å². The Bertz CT molecular complexity index is 1120. The number of rotatable bonds is 8. The molecule has 1 saturated heterocycles. The molecule has 0 saturated carbocycles. The standard InChI is InChI=1S/C24H29N3O6S/c1-14-23(34-15(2)25-14)21(28)19-20(17-13-16(31-3)5-6-18(17)32-4)27(24(30)22(19)29)8-7-26-9-11-33-12-10-26/h5-6,13,20,29H,7-12H2,1-4H3/t20-/m0/s1. The third-order valence-electron chi connectivity index (χ3n) is 6.15. The lowest BCUT2D eigenvalue weighted by molar-refractivity contribution is -0.129. The highest BCUT2D eigenvalue weighted by Crippen LogP contribution is 2.44. The molecule has 1 aromatic heterocycles. The first kappa shape index (κ1) is 24.2. The van der Waals surface area contributed by atoms with E-state index in [1.54, 1.807) is 37.1 Å². The van der Waals surface area contributed by atoms with Crippen molar-refractivity contribution in [2.45, 2.75) is 19.9 Å². The number of ketones is 1. The summed E-state index contributed by atoms with van der Waals surface area (Å²) in [6.45, 7) is 7.29. The maximum atomic E-state index is 13.7. The van der Waals surface area contributed by atoms with Crippen LogP contribution in [-0.2, 0) is 9.53 Å². The molecule has 34 heavy (non-hydrogen) atoms. The van der Waals surface area contributed by atoms with Crippen molar-refractivity contribution in [2.75, 3.05) is 53.6 Å². The summed E-state index contributed by atoms with van der Waals surface area (Å²) in [5.74, 6) is -0.470. The molecule has 1 aromatic carbocycles. The number of methoxy groups -OCH3 is 2. The van der Waals surface area contributed by atoms with Crippen LogP contribution in [0, 0.1) is 13.8 Å². The molecule has 182 valence electrons. The van der Waals surface area contributed by atoms with Gasteiger partial charge < -0.3 is 24.2 Å². The average Bonchev–Trinajstić information content (AvgIpc) is 3.32. The van der Waals surface area contributed by atoms with Crippen LogP contribution >= 0.6 is 11.3 Å². The van der Waals surface area contributed by atoms with Crippen molar-refractivity contribution < 1.29 is 28.9 Å². The lowest BCUT2D eigenvalue weighted by Crippen LogP contribution is -2.43. The van der Waals surface area contributed by atoms with Crippen LogP contribution in [0.3, 0.4) is 0 Å². The SMILES string of the molecule is COc1ccc(OC)c([C@H]2C(C(=O)c3sc(C)nc3C)=C(O)C(=O)N2CCN2CCOCC2)c1. The van der Waals surface area contributed by atoms with Gasteiger partial charge in [0.1, 0.15) is 11.5 Å². The molecule has 0 unspecified atom stereocenters. The summed E-state index contributed by atoms with van der Waals surface area (Å²) in [5.41, 5.74) is 1.18. The number of aliphatic hydroxyl groups excluding tert-OH is 1. The molecule has 2 aliphatic rings. The molecule has 1 fully saturated rings. The van der Waals surface area contributed by atoms with E-state index in [0.717, 1.165) is 18.1 Å². The Kier molecular flexibility index (Phi) is 7.20. The summed E-state index contributed by atoms with van der Waals surface area (Å²) < 4.78 is 16.4. The molecule has 4 rings (SSSR count). The van der Waals surface area contributed by atoms with E-state index >= 15 is 0 Å². The number of Topliss-reactive ketones (excluding diaryl/α,β-unsaturated/α-hetero) is 1. The molecule has 0 radical (unpaired) electrons. The van der Waals surface area contributed by atoms with Gasteiger partial charge in [0.2, 0.25) is 5.78 Å². The Morgan fingerprint density at radius 1 is 1.21 bits per heavy atom. The van der Waals surface area contributed by atoms with Crippen molar-refractivity contribution in [3.8, 4) is 11.5 Å². The van der Waals surface area contributed by atoms with Crippen LogP contribution in [0.15, 0.2) is 29.5 Å². The van der Waals surface area contributed by atoms with Gasteiger partial charge in [-0.1, -0.05) is 0 Å². The molecule has 1 amide bonds. The minimum atomic E-state index is -0.826. The largest absolute Gasteiger partial charge is 0.503 e. The maximum Gasteiger partial charge on any atom is 0.290 e. The lowest BCUT2D eigenvalue weighted by Gasteiger charge is -2.32. The molecule has 0 aliphatic carbocycles. The number of benzene rings is 1. The average molecular weight is 488 g/mol. The third kappa shape index (κ3) is 4.53. The number of carbonyl (C=O) groups is 2. The Morgan fingerprint density at radius 3 is 2.56 bits per heavy atom. The molecule has 1 N–H and O–H groups in total. The molecular weight excluding hydrogens is 458 g/mol. The van der Waals surface area contributed by atoms with Crippen molar-refractivity contribution in [3.05, 3.63) is 50.7 Å². The number of carbonyl (C=O) groups excluding carboxylic acids is 2. The number of amides is 1. The molecule has 2 aliphatic heterocycles. The van der Waals surface area contributed by atoms with Gasteiger partial charge in [0, 0.05) is 31.7 Å². The van der Waals surface area contributed by atoms with Crippen molar-refractivity contribution in [1.29, 1.82) is 0 Å². The van der Waals surface area contributed by atoms with Gasteiger partial charge in [0.15, 0.2) is 5.76 Å². The molecular formula is C24H29N3O6S. The maximum absolute atomic E-state index is 13.7. The summed E-state index contributed by atoms with van der Waals surface area (Å²) in [6, 6.07) is 4.40. The minimum Gasteiger partial charge on any atom is -0.503 e. The van der Waals surface area contributed by atoms with Gasteiger partial charge in [-0.3, -0.25) is 14.5 Å². The van der Waals surface area contributed by atoms with Gasteiger partial charge in [0.05, 0.1) is 54.6 Å². The first-order valence-corrected chi connectivity index (χ1v) is 11.9. The smallest absolute Gasteiger partial charge is 0.290 e. The summed E-state index contributed by atoms with van der Waals surface area (Å²) >= 11 is 1.25. The van der Waals surface area contributed by atoms with Crippen LogP contribution in [0.25, 0.3) is 0 Å². The van der Waals surface area contributed by atoms with Gasteiger partial charge >= 0.3 is 0 Å². The molecule has 10 heteroatoms. The van der Waals surface area contributed by atoms with Crippen molar-refractivity contribution in [2.24, 2.45) is 0 Å². The molecule has 9 nitrogen and oxygen atoms in total. The fourth-order valence-corrected chi connectivity index (χ4v) is 5.30. The van der Waals surface area contributed by atoms with E-state index in [9.17, 15) is 14.7 Å². The monoisotopic (exact) mass is 487 g/mol. The highest BCUT2D eigenvalue weighted by Gasteiger charge is 2.45. The minimum absolute atomic E-state index is 0.0327. The third-order valence-corrected chi connectivity index (χ3v) is 7.22. The zero-order chi connectivity index (χ0) is 24.4. The Morgan fingerprint density at radius 2 is 1.94 bits per heavy atom. The summed E-state index contributed by atoms with van der Waals surface area (Å²) in [7, 11) is 3.08. The van der Waals surface area contributed by atoms with E-state index in [-0.39, 0.29) is 5.57 Å². The number of hydrogen-bond donors (Lipinski definition) is 1. The highest BCUT2D eigenvalue weighted by atomic mass is 32.1. The van der Waals surface area contributed by atoms with Crippen LogP contribution in [0.2, 0.25) is 0 Å². The Hall–Kier alpha value is -2.95. The van der Waals surface area contributed by atoms with Crippen molar-refractivity contribution in [1.82, 2.24) is 14.8 Å². The lowest BCUT2D eigenvalue weighted by atomic mass is 9.94. The zero-order valence-electron chi connectivity index (χ0n) is 19.8. The fourth-order valence-electron chi connectivity index (χ4n) is 4.43. The fraction of sp³-hybridized carbons (Fsp3) is 0.458. The van der Waals surface area contributed by atoms with Crippen LogP contribution < -0.4 is 9.47 Å². The zero-order valence-corrected chi connectivity index (χ0v) is 20.6. The second kappa shape index (κ2) is 10.1. The second-order valence-corrected chi connectivity index (χ2v) is 9.40. The first-order chi connectivity index (χ1) is 16.3. The molecule has 0 bridgehead atoms. The van der Waals surface area contributed by atoms with Gasteiger partial charge in [0.25, 0.3) is 5.91 Å². The molecule has 1 atom stereocenters. The normalized spacial score (nSPS) is 19.1. The van der Waals surface area contributed by atoms with Gasteiger partial charge in [-0.05, 0) is 32.0 Å². The highest BCUT2D eigenvalue weighted by molar-refractivity contribution is 7.14. The van der Waals surface area contributed by atoms with E-state index in [0.29, 0.717) is 53.9 Å². The Labute approximate surface area is 202 Å². The van der Waals surface area contributed by atoms with Crippen molar-refractivity contribution in [3.63, 3.8) is 0 Å². The summed E-state index contributed by atoms with van der Waals surface area (Å²) in [6.07, 6.45) is 0. The van der Waals surface area contributed by atoms with Gasteiger partial charge in [-0.25, -0.2) is 4.98 Å². The topological polar surface area (TPSA) is 101 Å². The predicted molar refractivity (Wildman–Crippen MR) is 127 cm³/mol. The summed E-state index contributed by atoms with van der Waals surface area (Å²) in [5, 5.41) is 11.7. The molecule has 2 aromatic rings. The van der Waals surface area contributed by atoms with Gasteiger partial charge in [-0.2, -0.15) is 0 Å². The van der Waals surface area contributed by atoms with E-state index in [4.69, 9.17) is 14.2 Å². The van der Waals surface area contributed by atoms with E-state index in [1.165, 1.54) is 18.4 Å². The molecule has 3 heterocycles. The van der Waals surface area contributed by atoms with Crippen LogP contribution in [0.5, 0.6) is 11.5 Å². The number of hydrogen-bond acceptors (Lipinski definition) is 9. The van der Waals surface area contributed by atoms with Crippen LogP contribution in [0.4, 0.5) is 0 Å². The number of aryl methyl sites for hydroxylation is 2. The summed E-state index contributed by atoms with van der Waals surface area (Å²) in [4.78, 5) is 35.5. The number of nitrogens with zero attached hydrogens (tertiary/aromatic N) is 3. The number of morpholine rings is 1. The van der Waals surface area contributed by atoms with E-state index in [2.05, 4.69) is 9.88 Å². The molecule has 0 spiro atoms. The second-order valence-electron chi connectivity index (χ2n) is 8.20. The van der Waals surface area contributed by atoms with Crippen LogP contribution in [-0.4, -0.2) is 85.2 Å².